The Kier molecular flexibility index (Phi) is 4.91. The van der Waals surface area contributed by atoms with Crippen LogP contribution in [0.15, 0.2) is 12.7 Å². The zero-order valence-corrected chi connectivity index (χ0v) is 9.34. The van der Waals surface area contributed by atoms with E-state index in [-0.39, 0.29) is 4.75 Å². The minimum Gasteiger partial charge on any atom is -0.231 e. The van der Waals surface area contributed by atoms with Gasteiger partial charge in [-0.2, -0.15) is 9.78 Å². The van der Waals surface area contributed by atoms with Crippen molar-refractivity contribution in [2.45, 2.75) is 24.9 Å². The number of rotatable bonds is 4. The molecule has 14 heavy (non-hydrogen) atoms. The molecule has 4 nitrogen and oxygen atoms in total. The second-order valence-corrected chi connectivity index (χ2v) is 5.05. The fourth-order valence-corrected chi connectivity index (χ4v) is 1.64. The van der Waals surface area contributed by atoms with E-state index in [1.54, 1.807) is 11.8 Å². The summed E-state index contributed by atoms with van der Waals surface area (Å²) >= 11 is 1.67. The Hall–Kier alpha value is -0.0700. The lowest BCUT2D eigenvalue weighted by Gasteiger charge is -2.28. The van der Waals surface area contributed by atoms with Crippen LogP contribution in [0.4, 0.5) is 0 Å². The minimum absolute atomic E-state index is 0.238. The van der Waals surface area contributed by atoms with Crippen LogP contribution in [-0.2, 0) is 19.6 Å². The Morgan fingerprint density at radius 2 is 1.93 bits per heavy atom. The first-order valence-electron chi connectivity index (χ1n) is 4.48. The summed E-state index contributed by atoms with van der Waals surface area (Å²) in [5.41, 5.74) is 0. The van der Waals surface area contributed by atoms with Gasteiger partial charge in [0.2, 0.25) is 6.29 Å². The molecule has 0 aliphatic carbocycles. The normalized spacial score (nSPS) is 20.4. The third-order valence-electron chi connectivity index (χ3n) is 1.70. The fraction of sp³-hybridized carbons (Fsp3) is 0.778. The molecule has 0 bridgehead atoms. The Morgan fingerprint density at radius 1 is 1.36 bits per heavy atom. The first-order chi connectivity index (χ1) is 6.67. The van der Waals surface area contributed by atoms with Crippen LogP contribution in [0.5, 0.6) is 0 Å². The monoisotopic (exact) mass is 220 g/mol. The molecule has 0 saturated carbocycles. The van der Waals surface area contributed by atoms with Gasteiger partial charge in [-0.1, -0.05) is 6.08 Å². The summed E-state index contributed by atoms with van der Waals surface area (Å²) in [5.74, 6) is 0.830. The topological polar surface area (TPSA) is 36.9 Å². The SMILES string of the molecule is C=CCSC(C)(C)C1OOCCOO1. The molecule has 0 amide bonds. The average Bonchev–Trinajstić information content (AvgIpc) is 2.43. The lowest BCUT2D eigenvalue weighted by atomic mass is 10.2. The van der Waals surface area contributed by atoms with E-state index in [2.05, 4.69) is 6.58 Å². The largest absolute Gasteiger partial charge is 0.238 e. The predicted molar refractivity (Wildman–Crippen MR) is 54.6 cm³/mol. The number of hydrogen-bond donors (Lipinski definition) is 0. The molecule has 1 saturated heterocycles. The molecule has 1 aliphatic rings. The average molecular weight is 220 g/mol. The molecule has 0 aromatic rings. The molecule has 0 atom stereocenters. The highest BCUT2D eigenvalue weighted by molar-refractivity contribution is 8.00. The third kappa shape index (κ3) is 3.59. The highest BCUT2D eigenvalue weighted by atomic mass is 32.2. The van der Waals surface area contributed by atoms with E-state index in [1.807, 2.05) is 19.9 Å². The molecular formula is C9H16O4S. The number of thioether (sulfide) groups is 1. The summed E-state index contributed by atoms with van der Waals surface area (Å²) in [6.07, 6.45) is 1.32. The van der Waals surface area contributed by atoms with E-state index in [9.17, 15) is 0 Å². The van der Waals surface area contributed by atoms with Gasteiger partial charge in [-0.25, -0.2) is 9.78 Å². The van der Waals surface area contributed by atoms with Gasteiger partial charge in [-0.3, -0.25) is 0 Å². The van der Waals surface area contributed by atoms with Gasteiger partial charge in [-0.15, -0.1) is 18.3 Å². The molecule has 1 aliphatic heterocycles. The molecule has 0 radical (unpaired) electrons. The predicted octanol–water partition coefficient (Wildman–Crippen LogP) is 1.92. The molecular weight excluding hydrogens is 204 g/mol. The highest BCUT2D eigenvalue weighted by Gasteiger charge is 2.35. The van der Waals surface area contributed by atoms with Gasteiger partial charge >= 0.3 is 0 Å². The molecule has 1 heterocycles. The Balaban J connectivity index is 2.45. The molecule has 1 fully saturated rings. The van der Waals surface area contributed by atoms with Crippen molar-refractivity contribution in [3.05, 3.63) is 12.7 Å². The van der Waals surface area contributed by atoms with Crippen LogP contribution < -0.4 is 0 Å². The molecule has 0 spiro atoms. The lowest BCUT2D eigenvalue weighted by molar-refractivity contribution is -0.429. The minimum atomic E-state index is -0.519. The second-order valence-electron chi connectivity index (χ2n) is 3.37. The first-order valence-corrected chi connectivity index (χ1v) is 5.47. The van der Waals surface area contributed by atoms with E-state index in [1.165, 1.54) is 0 Å². The zero-order valence-electron chi connectivity index (χ0n) is 8.52. The van der Waals surface area contributed by atoms with Crippen LogP contribution in [0.25, 0.3) is 0 Å². The van der Waals surface area contributed by atoms with Crippen molar-refractivity contribution in [2.75, 3.05) is 19.0 Å². The highest BCUT2D eigenvalue weighted by Crippen LogP contribution is 2.31. The molecule has 0 unspecified atom stereocenters. The molecule has 5 heteroatoms. The van der Waals surface area contributed by atoms with Crippen molar-refractivity contribution >= 4 is 11.8 Å². The quantitative estimate of drug-likeness (QED) is 0.534. The summed E-state index contributed by atoms with van der Waals surface area (Å²) in [5, 5.41) is 0. The van der Waals surface area contributed by atoms with Crippen LogP contribution in [0, 0.1) is 0 Å². The summed E-state index contributed by atoms with van der Waals surface area (Å²) in [6, 6.07) is 0. The third-order valence-corrected chi connectivity index (χ3v) is 3.04. The second kappa shape index (κ2) is 5.72. The molecule has 0 aromatic heterocycles. The Morgan fingerprint density at radius 3 is 2.43 bits per heavy atom. The van der Waals surface area contributed by atoms with Crippen LogP contribution in [0.3, 0.4) is 0 Å². The van der Waals surface area contributed by atoms with Crippen molar-refractivity contribution in [1.82, 2.24) is 0 Å². The van der Waals surface area contributed by atoms with Gasteiger partial charge in [0.15, 0.2) is 0 Å². The maximum absolute atomic E-state index is 5.06. The summed E-state index contributed by atoms with van der Waals surface area (Å²) in [7, 11) is 0. The maximum atomic E-state index is 5.06. The Bertz CT molecular complexity index is 176. The molecule has 0 aromatic carbocycles. The molecule has 1 rings (SSSR count). The van der Waals surface area contributed by atoms with Gasteiger partial charge in [0.1, 0.15) is 13.2 Å². The van der Waals surface area contributed by atoms with E-state index in [4.69, 9.17) is 19.6 Å². The van der Waals surface area contributed by atoms with Gasteiger partial charge in [-0.05, 0) is 13.8 Å². The van der Waals surface area contributed by atoms with E-state index in [0.29, 0.717) is 13.2 Å². The standard InChI is InChI=1S/C9H16O4S/c1-4-7-14-9(2,3)8-12-10-5-6-11-13-8/h4,8H,1,5-7H2,2-3H3. The van der Waals surface area contributed by atoms with Crippen molar-refractivity contribution in [3.8, 4) is 0 Å². The summed E-state index contributed by atoms with van der Waals surface area (Å²) < 4.78 is -0.238. The van der Waals surface area contributed by atoms with Gasteiger partial charge in [0, 0.05) is 5.75 Å². The van der Waals surface area contributed by atoms with E-state index < -0.39 is 6.29 Å². The molecule has 82 valence electrons. The van der Waals surface area contributed by atoms with Gasteiger partial charge in [0.05, 0.1) is 4.75 Å². The van der Waals surface area contributed by atoms with E-state index in [0.717, 1.165) is 5.75 Å². The van der Waals surface area contributed by atoms with Gasteiger partial charge < -0.3 is 0 Å². The first kappa shape index (κ1) is 12.0. The smallest absolute Gasteiger partial charge is 0.231 e. The van der Waals surface area contributed by atoms with Crippen LogP contribution in [0.1, 0.15) is 13.8 Å². The van der Waals surface area contributed by atoms with Crippen LogP contribution in [0.2, 0.25) is 0 Å². The van der Waals surface area contributed by atoms with Crippen molar-refractivity contribution in [3.63, 3.8) is 0 Å². The van der Waals surface area contributed by atoms with Crippen molar-refractivity contribution < 1.29 is 19.6 Å². The lowest BCUT2D eigenvalue weighted by Crippen LogP contribution is -2.37. The summed E-state index contributed by atoms with van der Waals surface area (Å²) in [4.78, 5) is 19.9. The van der Waals surface area contributed by atoms with Crippen molar-refractivity contribution in [1.29, 1.82) is 0 Å². The van der Waals surface area contributed by atoms with Crippen molar-refractivity contribution in [2.24, 2.45) is 0 Å². The molecule has 0 N–H and O–H groups in total. The van der Waals surface area contributed by atoms with Crippen LogP contribution >= 0.6 is 11.8 Å². The Labute approximate surface area is 88.4 Å². The van der Waals surface area contributed by atoms with Gasteiger partial charge in [0.25, 0.3) is 0 Å². The van der Waals surface area contributed by atoms with E-state index >= 15 is 0 Å². The van der Waals surface area contributed by atoms with Crippen LogP contribution in [-0.4, -0.2) is 30.0 Å². The fourth-order valence-electron chi connectivity index (χ4n) is 0.877. The summed E-state index contributed by atoms with van der Waals surface area (Å²) in [6.45, 7) is 8.45. The maximum Gasteiger partial charge on any atom is 0.238 e. The number of hydrogen-bond acceptors (Lipinski definition) is 5. The zero-order chi connectivity index (χ0) is 10.4.